The number of halogens is 1. The first-order chi connectivity index (χ1) is 16.9. The largest absolute Gasteiger partial charge is 0.469 e. The summed E-state index contributed by atoms with van der Waals surface area (Å²) in [5.41, 5.74) is 1.91. The van der Waals surface area contributed by atoms with Gasteiger partial charge < -0.3 is 14.8 Å². The van der Waals surface area contributed by atoms with E-state index in [1.165, 1.54) is 12.7 Å². The smallest absolute Gasteiger partial charge is 0.338 e. The molecular formula is C28H39IN2O4. The van der Waals surface area contributed by atoms with E-state index in [1.807, 2.05) is 31.2 Å². The van der Waals surface area contributed by atoms with Crippen LogP contribution in [0.25, 0.3) is 0 Å². The number of benzene rings is 2. The quantitative estimate of drug-likeness (QED) is 0.296. The van der Waals surface area contributed by atoms with E-state index in [0.717, 1.165) is 19.3 Å². The van der Waals surface area contributed by atoms with Crippen molar-refractivity contribution in [2.45, 2.75) is 56.8 Å². The number of esters is 2. The highest BCUT2D eigenvalue weighted by Crippen LogP contribution is 2.40. The number of methoxy groups -OCH3 is 1. The molecule has 2 heterocycles. The lowest BCUT2D eigenvalue weighted by Crippen LogP contribution is -2.53. The van der Waals surface area contributed by atoms with Crippen molar-refractivity contribution in [2.24, 2.45) is 5.92 Å². The van der Waals surface area contributed by atoms with E-state index in [4.69, 9.17) is 9.47 Å². The summed E-state index contributed by atoms with van der Waals surface area (Å²) in [6.07, 6.45) is 3.37. The number of hydrogen-bond donors (Lipinski definition) is 1. The number of nitrogens with zero attached hydrogens (tertiary/aromatic N) is 1. The number of rotatable bonds is 6. The van der Waals surface area contributed by atoms with Gasteiger partial charge in [0.25, 0.3) is 0 Å². The highest BCUT2D eigenvalue weighted by molar-refractivity contribution is 14.1. The van der Waals surface area contributed by atoms with Gasteiger partial charge in [0, 0.05) is 24.5 Å². The number of fused-ring (bicyclic) bond motifs is 2. The number of carbonyl (C=O) groups excluding carboxylic acids is 2. The maximum Gasteiger partial charge on any atom is 0.338 e. The molecule has 6 nitrogen and oxygen atoms in total. The molecule has 2 aliphatic heterocycles. The van der Waals surface area contributed by atoms with Crippen LogP contribution in [0.2, 0.25) is 0 Å². The van der Waals surface area contributed by atoms with Gasteiger partial charge in [0.05, 0.1) is 12.7 Å². The topological polar surface area (TPSA) is 67.9 Å². The van der Waals surface area contributed by atoms with Gasteiger partial charge in [0.2, 0.25) is 0 Å². The van der Waals surface area contributed by atoms with Crippen LogP contribution in [0.3, 0.4) is 0 Å². The summed E-state index contributed by atoms with van der Waals surface area (Å²) in [6.45, 7) is 2.19. The molecule has 0 spiro atoms. The van der Waals surface area contributed by atoms with Crippen LogP contribution in [-0.4, -0.2) is 67.2 Å². The van der Waals surface area contributed by atoms with Crippen LogP contribution in [0, 0.1) is 5.92 Å². The Morgan fingerprint density at radius 2 is 1.66 bits per heavy atom. The normalized spacial score (nSPS) is 23.6. The zero-order chi connectivity index (χ0) is 25.8. The second-order valence-corrected chi connectivity index (χ2v) is 8.94. The fourth-order valence-corrected chi connectivity index (χ4v) is 4.84. The molecule has 2 saturated heterocycles. The first-order valence-corrected chi connectivity index (χ1v) is 14.2. The van der Waals surface area contributed by atoms with Crippen molar-refractivity contribution < 1.29 is 19.1 Å². The zero-order valence-electron chi connectivity index (χ0n) is 21.4. The molecule has 4 rings (SSSR count). The van der Waals surface area contributed by atoms with E-state index in [1.54, 1.807) is 24.3 Å². The van der Waals surface area contributed by atoms with Crippen molar-refractivity contribution in [3.8, 4) is 0 Å². The van der Waals surface area contributed by atoms with E-state index >= 15 is 0 Å². The van der Waals surface area contributed by atoms with Gasteiger partial charge in [-0.3, -0.25) is 9.69 Å². The fourth-order valence-electron chi connectivity index (χ4n) is 4.84. The Bertz CT molecular complexity index is 896. The Balaban J connectivity index is 0.000000280. The third kappa shape index (κ3) is 8.29. The molecule has 35 heavy (non-hydrogen) atoms. The molecule has 0 aromatic heterocycles. The van der Waals surface area contributed by atoms with Crippen molar-refractivity contribution >= 4 is 34.5 Å². The highest BCUT2D eigenvalue weighted by Gasteiger charge is 2.50. The van der Waals surface area contributed by atoms with E-state index in [9.17, 15) is 9.59 Å². The van der Waals surface area contributed by atoms with Gasteiger partial charge in [-0.05, 0) is 62.9 Å². The van der Waals surface area contributed by atoms with E-state index < -0.39 is 12.0 Å². The zero-order valence-corrected chi connectivity index (χ0v) is 23.6. The lowest BCUT2D eigenvalue weighted by atomic mass is 9.87. The van der Waals surface area contributed by atoms with Crippen LogP contribution >= 0.6 is 22.6 Å². The van der Waals surface area contributed by atoms with Crippen molar-refractivity contribution in [3.05, 3.63) is 71.8 Å². The van der Waals surface area contributed by atoms with Crippen molar-refractivity contribution in [1.82, 2.24) is 10.2 Å². The minimum atomic E-state index is -0.408. The molecule has 2 fully saturated rings. The molecule has 7 heteroatoms. The Hall–Kier alpha value is -1.97. The lowest BCUT2D eigenvalue weighted by molar-refractivity contribution is -0.156. The molecule has 1 N–H and O–H groups in total. The predicted molar refractivity (Wildman–Crippen MR) is 149 cm³/mol. The molecule has 0 amide bonds. The van der Waals surface area contributed by atoms with Gasteiger partial charge >= 0.3 is 11.9 Å². The van der Waals surface area contributed by atoms with Gasteiger partial charge in [-0.2, -0.15) is 0 Å². The number of carbonyl (C=O) groups is 2. The van der Waals surface area contributed by atoms with Crippen LogP contribution < -0.4 is 5.32 Å². The van der Waals surface area contributed by atoms with Crippen LogP contribution in [-0.2, 0) is 20.7 Å². The minimum Gasteiger partial charge on any atom is -0.469 e. The molecule has 2 aromatic carbocycles. The molecule has 0 saturated carbocycles. The summed E-state index contributed by atoms with van der Waals surface area (Å²) in [4.78, 5) is 28.7. The molecular weight excluding hydrogens is 555 g/mol. The third-order valence-electron chi connectivity index (χ3n) is 6.83. The summed E-state index contributed by atoms with van der Waals surface area (Å²) < 4.78 is 10.6. The average Bonchev–Trinajstić information content (AvgIpc) is 3.14. The van der Waals surface area contributed by atoms with Gasteiger partial charge in [-0.1, -0.05) is 71.1 Å². The molecule has 192 valence electrons. The molecule has 2 aliphatic rings. The third-order valence-corrected chi connectivity index (χ3v) is 6.83. The number of piperidine rings is 1. The van der Waals surface area contributed by atoms with Crippen LogP contribution in [0.1, 0.15) is 42.1 Å². The summed E-state index contributed by atoms with van der Waals surface area (Å²) in [6, 6.07) is 20.5. The molecule has 2 bridgehead atoms. The van der Waals surface area contributed by atoms with Crippen LogP contribution in [0.15, 0.2) is 60.7 Å². The fraction of sp³-hybridized carbons (Fsp3) is 0.500. The maximum atomic E-state index is 12.3. The Morgan fingerprint density at radius 1 is 1.06 bits per heavy atom. The number of ether oxygens (including phenoxy) is 2. The van der Waals surface area contributed by atoms with Gasteiger partial charge in [-0.25, -0.2) is 4.79 Å². The van der Waals surface area contributed by atoms with Crippen molar-refractivity contribution in [3.63, 3.8) is 0 Å². The van der Waals surface area contributed by atoms with E-state index in [-0.39, 0.29) is 18.0 Å². The summed E-state index contributed by atoms with van der Waals surface area (Å²) in [7, 11) is 5.42. The average molecular weight is 595 g/mol. The van der Waals surface area contributed by atoms with E-state index in [0.29, 0.717) is 24.1 Å². The monoisotopic (exact) mass is 594 g/mol. The number of alkyl halides is 1. The highest BCUT2D eigenvalue weighted by atomic mass is 127. The lowest BCUT2D eigenvalue weighted by Gasteiger charge is -2.40. The Labute approximate surface area is 223 Å². The predicted octanol–water partition coefficient (Wildman–Crippen LogP) is 4.76. The van der Waals surface area contributed by atoms with Crippen molar-refractivity contribution in [1.29, 1.82) is 0 Å². The summed E-state index contributed by atoms with van der Waals surface area (Å²) >= 11 is 2.15. The Morgan fingerprint density at radius 3 is 2.23 bits per heavy atom. The summed E-state index contributed by atoms with van der Waals surface area (Å²) in [5, 5.41) is 3.21. The number of likely N-dealkylation sites (N-methyl/N-ethyl adjacent to an activating group) is 1. The number of nitrogens with one attached hydrogen (secondary N) is 1. The second kappa shape index (κ2) is 15.2. The maximum absolute atomic E-state index is 12.3. The number of hydrogen-bond acceptors (Lipinski definition) is 6. The molecule has 2 aromatic rings. The minimum absolute atomic E-state index is 0.0970. The van der Waals surface area contributed by atoms with Crippen molar-refractivity contribution in [2.75, 3.05) is 26.1 Å². The molecule has 5 atom stereocenters. The molecule has 1 unspecified atom stereocenters. The summed E-state index contributed by atoms with van der Waals surface area (Å²) in [5.74, 6) is -1.06. The first kappa shape index (κ1) is 29.3. The SMILES string of the molecule is CI.CNC(C)Cc1ccccc1.COC(=O)[C@H]1[C@@H](OC(=O)c2ccccc2)C[C@@H]2CC[C@H]1N2C. The van der Waals surface area contributed by atoms with Gasteiger partial charge in [-0.15, -0.1) is 0 Å². The van der Waals surface area contributed by atoms with E-state index in [2.05, 4.69) is 64.0 Å². The molecule has 0 aliphatic carbocycles. The van der Waals surface area contributed by atoms with Gasteiger partial charge in [0.15, 0.2) is 0 Å². The van der Waals surface area contributed by atoms with Gasteiger partial charge in [0.1, 0.15) is 12.0 Å². The first-order valence-electron chi connectivity index (χ1n) is 12.1. The van der Waals surface area contributed by atoms with Crippen LogP contribution in [0.5, 0.6) is 0 Å². The standard InChI is InChI=1S/C17H21NO4.C10H15N.CH3I/c1-18-12-8-9-13(18)15(17(20)21-2)14(10-12)22-16(19)11-6-4-3-5-7-11;1-9(11-2)8-10-6-4-3-5-7-10;1-2/h3-7,12-15H,8-10H2,1-2H3;3-7,9,11H,8H2,1-2H3;1H3/t12-,13+,14-,15+;;/m0../s1. The molecule has 0 radical (unpaired) electrons. The Kier molecular flexibility index (Phi) is 12.7. The second-order valence-electron chi connectivity index (χ2n) is 8.94. The van der Waals surface area contributed by atoms with Crippen LogP contribution in [0.4, 0.5) is 0 Å².